The van der Waals surface area contributed by atoms with Crippen molar-refractivity contribution in [2.45, 2.75) is 32.6 Å². The van der Waals surface area contributed by atoms with Gasteiger partial charge >= 0.3 is 5.63 Å². The van der Waals surface area contributed by atoms with Crippen molar-refractivity contribution in [2.24, 2.45) is 5.92 Å². The summed E-state index contributed by atoms with van der Waals surface area (Å²) >= 11 is 1.36. The fourth-order valence-corrected chi connectivity index (χ4v) is 5.96. The minimum Gasteiger partial charge on any atom is -0.422 e. The van der Waals surface area contributed by atoms with Crippen LogP contribution >= 0.6 is 11.3 Å². The first-order chi connectivity index (χ1) is 16.6. The molecule has 4 aromatic rings. The van der Waals surface area contributed by atoms with E-state index in [2.05, 4.69) is 40.5 Å². The Morgan fingerprint density at radius 2 is 1.88 bits per heavy atom. The summed E-state index contributed by atoms with van der Waals surface area (Å²) in [6, 6.07) is 18.2. The van der Waals surface area contributed by atoms with Crippen LogP contribution in [0.2, 0.25) is 0 Å². The molecule has 0 unspecified atom stereocenters. The van der Waals surface area contributed by atoms with E-state index in [1.807, 2.05) is 25.1 Å². The smallest absolute Gasteiger partial charge is 0.345 e. The number of carbonyl (C=O) groups excluding carboxylic acids is 1. The quantitative estimate of drug-likeness (QED) is 0.288. The van der Waals surface area contributed by atoms with E-state index < -0.39 is 5.63 Å². The first kappa shape index (κ1) is 22.8. The van der Waals surface area contributed by atoms with Gasteiger partial charge in [-0.05, 0) is 81.9 Å². The molecule has 0 bridgehead atoms. The lowest BCUT2D eigenvalue weighted by Gasteiger charge is -2.32. The van der Waals surface area contributed by atoms with Crippen LogP contribution in [0.5, 0.6) is 0 Å². The van der Waals surface area contributed by atoms with Crippen molar-refractivity contribution < 1.29 is 9.21 Å². The zero-order chi connectivity index (χ0) is 23.5. The third kappa shape index (κ3) is 5.08. The molecule has 5 rings (SSSR count). The summed E-state index contributed by atoms with van der Waals surface area (Å²) in [5.41, 5.74) is 2.69. The molecule has 2 aromatic heterocycles. The molecule has 2 aromatic carbocycles. The summed E-state index contributed by atoms with van der Waals surface area (Å²) in [7, 11) is 0. The number of hydrogen-bond donors (Lipinski definition) is 1. The van der Waals surface area contributed by atoms with Crippen molar-refractivity contribution in [2.75, 3.05) is 26.2 Å². The van der Waals surface area contributed by atoms with Gasteiger partial charge < -0.3 is 14.6 Å². The third-order valence-electron chi connectivity index (χ3n) is 6.77. The molecule has 1 aliphatic heterocycles. The molecule has 0 atom stereocenters. The van der Waals surface area contributed by atoms with E-state index in [9.17, 15) is 9.59 Å². The summed E-state index contributed by atoms with van der Waals surface area (Å²) in [6.07, 6.45) is 4.56. The number of thiophene rings is 1. The molecule has 0 radical (unpaired) electrons. The summed E-state index contributed by atoms with van der Waals surface area (Å²) in [5.74, 6) is 0.645. The average molecular weight is 475 g/mol. The van der Waals surface area contributed by atoms with Crippen molar-refractivity contribution in [1.29, 1.82) is 0 Å². The van der Waals surface area contributed by atoms with Gasteiger partial charge in [-0.15, -0.1) is 11.3 Å². The number of aryl methyl sites for hydroxylation is 1. The standard InChI is InChI=1S/C28H30N2O3S/c1-19-8-9-24-22(16-19)26-23(28(32)33-24)18-25(34-26)27(31)29-12-5-13-30-14-10-21(11-15-30)17-20-6-3-2-4-7-20/h2-4,6-9,16,18,21H,5,10-15,17H2,1H3,(H,29,31). The lowest BCUT2D eigenvalue weighted by molar-refractivity contribution is 0.0954. The molecule has 1 aliphatic rings. The van der Waals surface area contributed by atoms with Crippen LogP contribution in [0.1, 0.15) is 40.1 Å². The van der Waals surface area contributed by atoms with Crippen molar-refractivity contribution in [1.82, 2.24) is 10.2 Å². The number of rotatable bonds is 7. The Morgan fingerprint density at radius 1 is 1.09 bits per heavy atom. The minimum atomic E-state index is -0.391. The van der Waals surface area contributed by atoms with Crippen molar-refractivity contribution in [3.63, 3.8) is 0 Å². The van der Waals surface area contributed by atoms with E-state index >= 15 is 0 Å². The number of nitrogens with zero attached hydrogens (tertiary/aromatic N) is 1. The van der Waals surface area contributed by atoms with Gasteiger partial charge in [0.25, 0.3) is 5.91 Å². The summed E-state index contributed by atoms with van der Waals surface area (Å²) in [6.45, 7) is 5.89. The molecule has 34 heavy (non-hydrogen) atoms. The number of fused-ring (bicyclic) bond motifs is 3. The highest BCUT2D eigenvalue weighted by atomic mass is 32.1. The first-order valence-electron chi connectivity index (χ1n) is 12.1. The summed E-state index contributed by atoms with van der Waals surface area (Å²) in [5, 5.41) is 4.39. The summed E-state index contributed by atoms with van der Waals surface area (Å²) < 4.78 is 6.26. The lowest BCUT2D eigenvalue weighted by Crippen LogP contribution is -2.36. The molecular weight excluding hydrogens is 444 g/mol. The van der Waals surface area contributed by atoms with Crippen LogP contribution in [-0.2, 0) is 6.42 Å². The molecule has 1 saturated heterocycles. The molecule has 0 aliphatic carbocycles. The zero-order valence-electron chi connectivity index (χ0n) is 19.5. The Bertz CT molecular complexity index is 1350. The number of carbonyl (C=O) groups is 1. The number of amides is 1. The van der Waals surface area contributed by atoms with Gasteiger partial charge in [0.2, 0.25) is 0 Å². The maximum atomic E-state index is 12.7. The van der Waals surface area contributed by atoms with Crippen LogP contribution in [0.4, 0.5) is 0 Å². The van der Waals surface area contributed by atoms with Crippen LogP contribution in [-0.4, -0.2) is 37.0 Å². The highest BCUT2D eigenvalue weighted by molar-refractivity contribution is 7.21. The topological polar surface area (TPSA) is 62.6 Å². The van der Waals surface area contributed by atoms with Gasteiger partial charge in [0.15, 0.2) is 0 Å². The van der Waals surface area contributed by atoms with Crippen molar-refractivity contribution in [3.8, 4) is 0 Å². The first-order valence-corrected chi connectivity index (χ1v) is 12.9. The molecule has 6 heteroatoms. The predicted octanol–water partition coefficient (Wildman–Crippen LogP) is 5.39. The van der Waals surface area contributed by atoms with Gasteiger partial charge in [-0.1, -0.05) is 42.0 Å². The van der Waals surface area contributed by atoms with Crippen LogP contribution in [0.15, 0.2) is 63.8 Å². The molecular formula is C28H30N2O3S. The highest BCUT2D eigenvalue weighted by Crippen LogP contribution is 2.31. The molecule has 1 amide bonds. The van der Waals surface area contributed by atoms with Crippen LogP contribution in [0, 0.1) is 12.8 Å². The Labute approximate surface area is 203 Å². The molecule has 1 N–H and O–H groups in total. The SMILES string of the molecule is Cc1ccc2oc(=O)c3cc(C(=O)NCCCN4CCC(Cc5ccccc5)CC4)sc3c2c1. The second-order valence-electron chi connectivity index (χ2n) is 9.33. The number of nitrogens with one attached hydrogen (secondary N) is 1. The third-order valence-corrected chi connectivity index (χ3v) is 7.94. The van der Waals surface area contributed by atoms with Gasteiger partial charge in [0.1, 0.15) is 5.58 Å². The lowest BCUT2D eigenvalue weighted by atomic mass is 9.90. The van der Waals surface area contributed by atoms with E-state index in [1.54, 1.807) is 6.07 Å². The number of hydrogen-bond acceptors (Lipinski definition) is 5. The van der Waals surface area contributed by atoms with Gasteiger partial charge in [-0.25, -0.2) is 4.79 Å². The Kier molecular flexibility index (Phi) is 6.79. The maximum Gasteiger partial charge on any atom is 0.345 e. The minimum absolute atomic E-state index is 0.122. The Balaban J connectivity index is 1.11. The molecule has 3 heterocycles. The van der Waals surface area contributed by atoms with E-state index in [0.717, 1.165) is 47.6 Å². The molecule has 5 nitrogen and oxygen atoms in total. The van der Waals surface area contributed by atoms with E-state index in [0.29, 0.717) is 22.4 Å². The van der Waals surface area contributed by atoms with E-state index in [-0.39, 0.29) is 5.91 Å². The maximum absolute atomic E-state index is 12.7. The molecule has 0 saturated carbocycles. The van der Waals surface area contributed by atoms with E-state index in [4.69, 9.17) is 4.42 Å². The second-order valence-corrected chi connectivity index (χ2v) is 10.4. The van der Waals surface area contributed by atoms with Crippen molar-refractivity contribution in [3.05, 3.63) is 81.0 Å². The second kappa shape index (κ2) is 10.1. The van der Waals surface area contributed by atoms with E-state index in [1.165, 1.54) is 36.2 Å². The van der Waals surface area contributed by atoms with Crippen LogP contribution in [0.25, 0.3) is 21.1 Å². The van der Waals surface area contributed by atoms with Crippen molar-refractivity contribution >= 4 is 38.3 Å². The number of benzene rings is 2. The molecule has 0 spiro atoms. The fraction of sp³-hybridized carbons (Fsp3) is 0.357. The van der Waals surface area contributed by atoms with Gasteiger partial charge in [0, 0.05) is 11.9 Å². The van der Waals surface area contributed by atoms with Crippen LogP contribution in [0.3, 0.4) is 0 Å². The Morgan fingerprint density at radius 3 is 2.68 bits per heavy atom. The molecule has 176 valence electrons. The van der Waals surface area contributed by atoms with Gasteiger partial charge in [-0.2, -0.15) is 0 Å². The average Bonchev–Trinajstić information content (AvgIpc) is 3.31. The monoisotopic (exact) mass is 474 g/mol. The Hall–Kier alpha value is -2.96. The summed E-state index contributed by atoms with van der Waals surface area (Å²) in [4.78, 5) is 28.2. The fourth-order valence-electron chi connectivity index (χ4n) is 4.87. The van der Waals surface area contributed by atoms with Crippen LogP contribution < -0.4 is 10.9 Å². The largest absolute Gasteiger partial charge is 0.422 e. The predicted molar refractivity (Wildman–Crippen MR) is 139 cm³/mol. The normalized spacial score (nSPS) is 15.2. The highest BCUT2D eigenvalue weighted by Gasteiger charge is 2.19. The van der Waals surface area contributed by atoms with Gasteiger partial charge in [0.05, 0.1) is 15.0 Å². The zero-order valence-corrected chi connectivity index (χ0v) is 20.3. The molecule has 1 fully saturated rings. The number of piperidine rings is 1. The van der Waals surface area contributed by atoms with Gasteiger partial charge in [-0.3, -0.25) is 4.79 Å². The number of likely N-dealkylation sites (tertiary alicyclic amines) is 1.